The largest absolute Gasteiger partial charge is 0.390 e. The van der Waals surface area contributed by atoms with Gasteiger partial charge in [-0.05, 0) is 124 Å². The van der Waals surface area contributed by atoms with E-state index in [1.54, 1.807) is 5.57 Å². The van der Waals surface area contributed by atoms with Crippen molar-refractivity contribution >= 4 is 5.91 Å². The maximum atomic E-state index is 13.0. The summed E-state index contributed by atoms with van der Waals surface area (Å²) < 4.78 is 0. The minimum absolute atomic E-state index is 0.293. The normalized spacial score (nSPS) is 44.8. The van der Waals surface area contributed by atoms with Crippen LogP contribution in [0.4, 0.5) is 0 Å². The highest BCUT2D eigenvalue weighted by Crippen LogP contribution is 2.67. The minimum Gasteiger partial charge on any atom is -0.390 e. The van der Waals surface area contributed by atoms with Crippen molar-refractivity contribution in [1.82, 2.24) is 4.90 Å². The number of fused-ring (bicyclic) bond motifs is 5. The Kier molecular flexibility index (Phi) is 6.98. The number of allylic oxidation sites excluding steroid dienone is 1. The van der Waals surface area contributed by atoms with Crippen LogP contribution in [0, 0.1) is 40.4 Å². The number of aliphatic hydroxyl groups is 2. The Labute approximate surface area is 220 Å². The van der Waals surface area contributed by atoms with Gasteiger partial charge in [-0.1, -0.05) is 39.3 Å². The molecule has 204 valence electrons. The first-order chi connectivity index (χ1) is 16.9. The average Bonchev–Trinajstić information content (AvgIpc) is 3.20. The molecule has 2 N–H and O–H groups in total. The van der Waals surface area contributed by atoms with Crippen molar-refractivity contribution < 1.29 is 15.0 Å². The number of piperidine rings is 1. The van der Waals surface area contributed by atoms with E-state index in [1.165, 1.54) is 32.1 Å². The molecule has 0 bridgehead atoms. The first kappa shape index (κ1) is 26.7. The molecule has 0 radical (unpaired) electrons. The van der Waals surface area contributed by atoms with Crippen LogP contribution in [0.15, 0.2) is 11.6 Å². The molecule has 4 aliphatic carbocycles. The van der Waals surface area contributed by atoms with Gasteiger partial charge in [0.1, 0.15) is 0 Å². The quantitative estimate of drug-likeness (QED) is 0.425. The number of hydrogen-bond acceptors (Lipinski definition) is 3. The van der Waals surface area contributed by atoms with Gasteiger partial charge in [-0.3, -0.25) is 4.79 Å². The maximum absolute atomic E-state index is 13.0. The number of nitrogens with zero attached hydrogens (tertiary/aromatic N) is 1. The van der Waals surface area contributed by atoms with Crippen LogP contribution in [0.3, 0.4) is 0 Å². The fraction of sp³-hybridized carbons (Fsp3) is 0.906. The molecule has 0 aromatic rings. The van der Waals surface area contributed by atoms with Crippen LogP contribution in [0.5, 0.6) is 0 Å². The SMILES string of the molecule is CCC1(O)CCN(C(=O)CC[C@@H](C)[C@H]2CC[C@H]3[C@@H]4CC=C5C[C@@](C)(O)CC[C@]5(C)[C@H]4CC[C@]23C)CC1. The lowest BCUT2D eigenvalue weighted by Gasteiger charge is -2.59. The van der Waals surface area contributed by atoms with E-state index in [0.717, 1.165) is 68.6 Å². The summed E-state index contributed by atoms with van der Waals surface area (Å²) in [6, 6.07) is 0. The van der Waals surface area contributed by atoms with Gasteiger partial charge in [0.25, 0.3) is 0 Å². The lowest BCUT2D eigenvalue weighted by atomic mass is 9.46. The van der Waals surface area contributed by atoms with Gasteiger partial charge in [-0.2, -0.15) is 0 Å². The third-order valence-electron chi connectivity index (χ3n) is 12.7. The maximum Gasteiger partial charge on any atom is 0.222 e. The molecule has 0 spiro atoms. The molecule has 5 aliphatic rings. The lowest BCUT2D eigenvalue weighted by molar-refractivity contribution is -0.136. The molecule has 1 amide bonds. The number of amides is 1. The second-order valence-corrected chi connectivity index (χ2v) is 14.6. The summed E-state index contributed by atoms with van der Waals surface area (Å²) >= 11 is 0. The van der Waals surface area contributed by atoms with Crippen molar-refractivity contribution in [1.29, 1.82) is 0 Å². The second-order valence-electron chi connectivity index (χ2n) is 14.6. The van der Waals surface area contributed by atoms with Crippen molar-refractivity contribution in [3.63, 3.8) is 0 Å². The predicted molar refractivity (Wildman–Crippen MR) is 145 cm³/mol. The Hall–Kier alpha value is -0.870. The van der Waals surface area contributed by atoms with Crippen LogP contribution in [0.25, 0.3) is 0 Å². The van der Waals surface area contributed by atoms with Crippen LogP contribution in [-0.2, 0) is 4.79 Å². The molecule has 4 fully saturated rings. The molecular formula is C32H53NO3. The van der Waals surface area contributed by atoms with E-state index >= 15 is 0 Å². The summed E-state index contributed by atoms with van der Waals surface area (Å²) in [6.45, 7) is 13.1. The molecule has 8 atom stereocenters. The molecule has 0 aromatic heterocycles. The van der Waals surface area contributed by atoms with Gasteiger partial charge in [0.2, 0.25) is 5.91 Å². The van der Waals surface area contributed by atoms with Gasteiger partial charge < -0.3 is 15.1 Å². The van der Waals surface area contributed by atoms with Gasteiger partial charge >= 0.3 is 0 Å². The standard InChI is InChI=1S/C32H53NO3/c1-6-32(36)17-19-33(20-18-32)28(34)12-7-22(2)25-10-11-26-24-9-8-23-21-29(3,35)15-16-30(23,4)27(24)13-14-31(25,26)5/h8,22,24-27,35-36H,6-7,9-21H2,1-5H3/t22-,24+,25-,26+,27+,29+,30+,31-/m1/s1. The Morgan fingerprint density at radius 3 is 2.44 bits per heavy atom. The zero-order valence-electron chi connectivity index (χ0n) is 23.8. The van der Waals surface area contributed by atoms with Gasteiger partial charge in [0, 0.05) is 19.5 Å². The zero-order valence-corrected chi connectivity index (χ0v) is 23.8. The Bertz CT molecular complexity index is 871. The summed E-state index contributed by atoms with van der Waals surface area (Å²) in [6.07, 6.45) is 16.0. The van der Waals surface area contributed by atoms with Crippen molar-refractivity contribution in [3.05, 3.63) is 11.6 Å². The van der Waals surface area contributed by atoms with Gasteiger partial charge in [-0.25, -0.2) is 0 Å². The summed E-state index contributed by atoms with van der Waals surface area (Å²) in [4.78, 5) is 15.0. The van der Waals surface area contributed by atoms with Crippen LogP contribution < -0.4 is 0 Å². The summed E-state index contributed by atoms with van der Waals surface area (Å²) in [5, 5.41) is 21.3. The molecular weight excluding hydrogens is 446 g/mol. The number of rotatable bonds is 5. The van der Waals surface area contributed by atoms with Crippen molar-refractivity contribution in [2.45, 2.75) is 129 Å². The van der Waals surface area contributed by atoms with E-state index in [0.29, 0.717) is 42.2 Å². The molecule has 36 heavy (non-hydrogen) atoms. The minimum atomic E-state index is -0.558. The third-order valence-corrected chi connectivity index (χ3v) is 12.7. The first-order valence-corrected chi connectivity index (χ1v) is 15.3. The van der Waals surface area contributed by atoms with Gasteiger partial charge in [0.05, 0.1) is 11.2 Å². The predicted octanol–water partition coefficient (Wildman–Crippen LogP) is 6.50. The molecule has 4 nitrogen and oxygen atoms in total. The summed E-state index contributed by atoms with van der Waals surface area (Å²) in [5.74, 6) is 4.01. The van der Waals surface area contributed by atoms with Crippen LogP contribution >= 0.6 is 0 Å². The van der Waals surface area contributed by atoms with Crippen molar-refractivity contribution in [2.75, 3.05) is 13.1 Å². The first-order valence-electron chi connectivity index (χ1n) is 15.3. The third kappa shape index (κ3) is 4.51. The number of likely N-dealkylation sites (tertiary alicyclic amines) is 1. The molecule has 4 heteroatoms. The summed E-state index contributed by atoms with van der Waals surface area (Å²) in [7, 11) is 0. The number of carbonyl (C=O) groups is 1. The van der Waals surface area contributed by atoms with Gasteiger partial charge in [0.15, 0.2) is 0 Å². The fourth-order valence-electron chi connectivity index (χ4n) is 10.0. The highest BCUT2D eigenvalue weighted by Gasteiger charge is 2.59. The van der Waals surface area contributed by atoms with E-state index in [-0.39, 0.29) is 0 Å². The monoisotopic (exact) mass is 499 g/mol. The fourth-order valence-corrected chi connectivity index (χ4v) is 10.0. The van der Waals surface area contributed by atoms with E-state index in [2.05, 4.69) is 26.8 Å². The molecule has 0 aromatic carbocycles. The van der Waals surface area contributed by atoms with Crippen LogP contribution in [0.1, 0.15) is 118 Å². The van der Waals surface area contributed by atoms with E-state index in [1.807, 2.05) is 18.7 Å². The zero-order chi connectivity index (χ0) is 25.9. The number of hydrogen-bond donors (Lipinski definition) is 2. The molecule has 0 unspecified atom stereocenters. The Morgan fingerprint density at radius 2 is 1.75 bits per heavy atom. The Balaban J connectivity index is 1.21. The highest BCUT2D eigenvalue weighted by molar-refractivity contribution is 5.76. The second kappa shape index (κ2) is 9.40. The summed E-state index contributed by atoms with van der Waals surface area (Å²) in [5.41, 5.74) is 1.19. The topological polar surface area (TPSA) is 60.8 Å². The van der Waals surface area contributed by atoms with E-state index < -0.39 is 11.2 Å². The average molecular weight is 500 g/mol. The van der Waals surface area contributed by atoms with E-state index in [9.17, 15) is 15.0 Å². The molecule has 1 aliphatic heterocycles. The van der Waals surface area contributed by atoms with Crippen LogP contribution in [0.2, 0.25) is 0 Å². The lowest BCUT2D eigenvalue weighted by Crippen LogP contribution is -2.52. The van der Waals surface area contributed by atoms with Crippen molar-refractivity contribution in [2.24, 2.45) is 40.4 Å². The highest BCUT2D eigenvalue weighted by atomic mass is 16.3. The smallest absolute Gasteiger partial charge is 0.222 e. The molecule has 1 saturated heterocycles. The van der Waals surface area contributed by atoms with Crippen molar-refractivity contribution in [3.8, 4) is 0 Å². The Morgan fingerprint density at radius 1 is 1.03 bits per heavy atom. The molecule has 3 saturated carbocycles. The van der Waals surface area contributed by atoms with E-state index in [4.69, 9.17) is 0 Å². The number of carbonyl (C=O) groups excluding carboxylic acids is 1. The van der Waals surface area contributed by atoms with Gasteiger partial charge in [-0.15, -0.1) is 0 Å². The molecule has 1 heterocycles. The molecule has 5 rings (SSSR count). The van der Waals surface area contributed by atoms with Crippen LogP contribution in [-0.4, -0.2) is 45.3 Å².